The average Bonchev–Trinajstić information content (AvgIpc) is 2.42. The number of unbranched alkanes of at least 4 members (excludes halogenated alkanes) is 6. The van der Waals surface area contributed by atoms with Gasteiger partial charge in [-0.3, -0.25) is 11.3 Å². The van der Waals surface area contributed by atoms with E-state index in [1.165, 1.54) is 70.6 Å². The fraction of sp³-hybridized carbons (Fsp3) is 1.00. The summed E-state index contributed by atoms with van der Waals surface area (Å²) in [6, 6.07) is 0.512. The molecule has 0 heterocycles. The number of hydrazine groups is 1. The van der Waals surface area contributed by atoms with Crippen molar-refractivity contribution in [2.75, 3.05) is 6.61 Å². The van der Waals surface area contributed by atoms with Crippen LogP contribution in [0.4, 0.5) is 0 Å². The number of hydrogen-bond acceptors (Lipinski definition) is 3. The second-order valence-corrected chi connectivity index (χ2v) is 6.42. The molecule has 1 saturated carbocycles. The Balaban J connectivity index is 1.95. The van der Waals surface area contributed by atoms with Crippen LogP contribution >= 0.6 is 0 Å². The molecule has 120 valence electrons. The van der Waals surface area contributed by atoms with Gasteiger partial charge in [0.2, 0.25) is 0 Å². The predicted molar refractivity (Wildman–Crippen MR) is 86.5 cm³/mol. The van der Waals surface area contributed by atoms with Crippen LogP contribution in [0.25, 0.3) is 0 Å². The van der Waals surface area contributed by atoms with E-state index in [1.54, 1.807) is 0 Å². The predicted octanol–water partition coefficient (Wildman–Crippen LogP) is 4.16. The minimum atomic E-state index is 0.512. The van der Waals surface area contributed by atoms with E-state index in [0.29, 0.717) is 12.1 Å². The molecule has 0 amide bonds. The molecular weight excluding hydrogens is 248 g/mol. The Hall–Kier alpha value is -0.120. The highest BCUT2D eigenvalue weighted by Crippen LogP contribution is 2.34. The van der Waals surface area contributed by atoms with Crippen LogP contribution < -0.4 is 11.3 Å². The van der Waals surface area contributed by atoms with Gasteiger partial charge in [0, 0.05) is 12.6 Å². The zero-order valence-corrected chi connectivity index (χ0v) is 13.7. The molecule has 1 aliphatic rings. The molecule has 3 nitrogen and oxygen atoms in total. The Morgan fingerprint density at radius 2 is 1.70 bits per heavy atom. The first kappa shape index (κ1) is 17.9. The largest absolute Gasteiger partial charge is 0.378 e. The molecule has 0 saturated heterocycles. The van der Waals surface area contributed by atoms with E-state index < -0.39 is 0 Å². The van der Waals surface area contributed by atoms with Crippen LogP contribution in [-0.2, 0) is 4.74 Å². The van der Waals surface area contributed by atoms with E-state index in [1.807, 2.05) is 0 Å². The van der Waals surface area contributed by atoms with Gasteiger partial charge in [0.1, 0.15) is 0 Å². The standard InChI is InChI=1S/C17H36N2O/c1-3-5-6-7-8-9-10-11-16(19-18)12-15-13-17(14-15)20-4-2/h15-17,19H,3-14,18H2,1-2H3. The lowest BCUT2D eigenvalue weighted by atomic mass is 9.77. The van der Waals surface area contributed by atoms with Gasteiger partial charge in [-0.25, -0.2) is 0 Å². The third-order valence-electron chi connectivity index (χ3n) is 4.60. The van der Waals surface area contributed by atoms with Crippen LogP contribution in [0.5, 0.6) is 0 Å². The second kappa shape index (κ2) is 11.5. The van der Waals surface area contributed by atoms with Gasteiger partial charge in [0.05, 0.1) is 6.10 Å². The minimum absolute atomic E-state index is 0.512. The Kier molecular flexibility index (Phi) is 10.3. The van der Waals surface area contributed by atoms with Gasteiger partial charge < -0.3 is 4.74 Å². The van der Waals surface area contributed by atoms with Crippen molar-refractivity contribution in [1.82, 2.24) is 5.43 Å². The summed E-state index contributed by atoms with van der Waals surface area (Å²) in [6.07, 6.45) is 15.1. The van der Waals surface area contributed by atoms with Crippen LogP contribution in [0.3, 0.4) is 0 Å². The van der Waals surface area contributed by atoms with Gasteiger partial charge in [-0.1, -0.05) is 51.9 Å². The van der Waals surface area contributed by atoms with Crippen molar-refractivity contribution in [2.24, 2.45) is 11.8 Å². The molecule has 0 aromatic heterocycles. The van der Waals surface area contributed by atoms with Gasteiger partial charge >= 0.3 is 0 Å². The minimum Gasteiger partial charge on any atom is -0.378 e. The molecule has 1 aliphatic carbocycles. The summed E-state index contributed by atoms with van der Waals surface area (Å²) in [5.74, 6) is 6.52. The topological polar surface area (TPSA) is 47.3 Å². The molecule has 3 N–H and O–H groups in total. The Bertz CT molecular complexity index is 217. The van der Waals surface area contributed by atoms with E-state index in [0.717, 1.165) is 12.5 Å². The summed E-state index contributed by atoms with van der Waals surface area (Å²) in [6.45, 7) is 5.21. The van der Waals surface area contributed by atoms with Crippen LogP contribution in [0.1, 0.15) is 84.5 Å². The Labute approximate surface area is 126 Å². The summed E-state index contributed by atoms with van der Waals surface area (Å²) in [7, 11) is 0. The Morgan fingerprint density at radius 3 is 2.30 bits per heavy atom. The summed E-state index contributed by atoms with van der Waals surface area (Å²) in [4.78, 5) is 0. The van der Waals surface area contributed by atoms with Crippen molar-refractivity contribution in [2.45, 2.75) is 96.6 Å². The molecule has 0 radical (unpaired) electrons. The molecule has 3 heteroatoms. The summed E-state index contributed by atoms with van der Waals surface area (Å²) >= 11 is 0. The highest BCUT2D eigenvalue weighted by atomic mass is 16.5. The normalized spacial score (nSPS) is 23.6. The van der Waals surface area contributed by atoms with Gasteiger partial charge in [-0.15, -0.1) is 0 Å². The molecule has 20 heavy (non-hydrogen) atoms. The third kappa shape index (κ3) is 7.61. The van der Waals surface area contributed by atoms with Crippen molar-refractivity contribution >= 4 is 0 Å². The maximum atomic E-state index is 5.69. The first-order valence-corrected chi connectivity index (χ1v) is 8.87. The van der Waals surface area contributed by atoms with Crippen molar-refractivity contribution in [3.8, 4) is 0 Å². The lowest BCUT2D eigenvalue weighted by Gasteiger charge is -2.37. The van der Waals surface area contributed by atoms with Crippen molar-refractivity contribution in [3.05, 3.63) is 0 Å². The highest BCUT2D eigenvalue weighted by Gasteiger charge is 2.30. The van der Waals surface area contributed by atoms with Gasteiger partial charge in [-0.05, 0) is 38.5 Å². The quantitative estimate of drug-likeness (QED) is 0.303. The Morgan fingerprint density at radius 1 is 1.05 bits per heavy atom. The van der Waals surface area contributed by atoms with Crippen LogP contribution in [0, 0.1) is 5.92 Å². The molecule has 0 bridgehead atoms. The summed E-state index contributed by atoms with van der Waals surface area (Å²) < 4.78 is 5.62. The first-order valence-electron chi connectivity index (χ1n) is 8.87. The van der Waals surface area contributed by atoms with Crippen molar-refractivity contribution in [3.63, 3.8) is 0 Å². The summed E-state index contributed by atoms with van der Waals surface area (Å²) in [5, 5.41) is 0. The maximum Gasteiger partial charge on any atom is 0.0580 e. The lowest BCUT2D eigenvalue weighted by Crippen LogP contribution is -2.41. The number of hydrogen-bond donors (Lipinski definition) is 2. The fourth-order valence-electron chi connectivity index (χ4n) is 3.26. The molecule has 0 spiro atoms. The van der Waals surface area contributed by atoms with Crippen LogP contribution in [0.15, 0.2) is 0 Å². The monoisotopic (exact) mass is 284 g/mol. The van der Waals surface area contributed by atoms with E-state index in [2.05, 4.69) is 19.3 Å². The summed E-state index contributed by atoms with van der Waals surface area (Å²) in [5.41, 5.74) is 3.02. The highest BCUT2D eigenvalue weighted by molar-refractivity contribution is 4.83. The van der Waals surface area contributed by atoms with Crippen LogP contribution in [-0.4, -0.2) is 18.8 Å². The van der Waals surface area contributed by atoms with E-state index >= 15 is 0 Å². The number of rotatable bonds is 13. The zero-order chi connectivity index (χ0) is 14.6. The fourth-order valence-corrected chi connectivity index (χ4v) is 3.26. The number of nitrogens with two attached hydrogens (primary N) is 1. The number of ether oxygens (including phenoxy) is 1. The van der Waals surface area contributed by atoms with Crippen LogP contribution in [0.2, 0.25) is 0 Å². The maximum absolute atomic E-state index is 5.69. The molecule has 1 atom stereocenters. The van der Waals surface area contributed by atoms with E-state index in [-0.39, 0.29) is 0 Å². The molecule has 1 rings (SSSR count). The van der Waals surface area contributed by atoms with E-state index in [9.17, 15) is 0 Å². The number of nitrogens with one attached hydrogen (secondary N) is 1. The zero-order valence-electron chi connectivity index (χ0n) is 13.7. The van der Waals surface area contributed by atoms with Crippen molar-refractivity contribution in [1.29, 1.82) is 0 Å². The van der Waals surface area contributed by atoms with Gasteiger partial charge in [0.25, 0.3) is 0 Å². The average molecular weight is 284 g/mol. The second-order valence-electron chi connectivity index (χ2n) is 6.42. The molecular formula is C17H36N2O. The first-order chi connectivity index (χ1) is 9.80. The smallest absolute Gasteiger partial charge is 0.0580 e. The van der Waals surface area contributed by atoms with Crippen molar-refractivity contribution < 1.29 is 4.74 Å². The van der Waals surface area contributed by atoms with Gasteiger partial charge in [-0.2, -0.15) is 0 Å². The lowest BCUT2D eigenvalue weighted by molar-refractivity contribution is -0.0293. The van der Waals surface area contributed by atoms with Gasteiger partial charge in [0.15, 0.2) is 0 Å². The molecule has 1 unspecified atom stereocenters. The van der Waals surface area contributed by atoms with E-state index in [4.69, 9.17) is 10.6 Å². The molecule has 0 aliphatic heterocycles. The third-order valence-corrected chi connectivity index (χ3v) is 4.60. The molecule has 0 aromatic carbocycles. The molecule has 1 fully saturated rings. The SMILES string of the molecule is CCCCCCCCCC(CC1CC(OCC)C1)NN. The molecule has 0 aromatic rings.